The lowest BCUT2D eigenvalue weighted by Crippen LogP contribution is -2.42. The van der Waals surface area contributed by atoms with Crippen LogP contribution in [0.1, 0.15) is 12.8 Å². The summed E-state index contributed by atoms with van der Waals surface area (Å²) in [7, 11) is 0. The van der Waals surface area contributed by atoms with Crippen LogP contribution in [-0.2, 0) is 4.79 Å². The zero-order valence-electron chi connectivity index (χ0n) is 9.28. The molecule has 0 radical (unpaired) electrons. The number of nitrogens with one attached hydrogen (secondary N) is 1. The van der Waals surface area contributed by atoms with Gasteiger partial charge < -0.3 is 15.2 Å². The van der Waals surface area contributed by atoms with E-state index in [1.54, 1.807) is 24.3 Å². The van der Waals surface area contributed by atoms with E-state index in [4.69, 9.17) is 21.4 Å². The quantitative estimate of drug-likeness (QED) is 0.835. The molecule has 92 valence electrons. The molecule has 0 unspecified atom stereocenters. The second kappa shape index (κ2) is 4.94. The largest absolute Gasteiger partial charge is 0.484 e. The lowest BCUT2D eigenvalue weighted by molar-refractivity contribution is -0.124. The number of hydrogen-bond donors (Lipinski definition) is 2. The number of benzene rings is 1. The number of aliphatic hydroxyl groups excluding tert-OH is 1. The normalized spacial score (nSPS) is 16.4. The van der Waals surface area contributed by atoms with Crippen molar-refractivity contribution < 1.29 is 14.6 Å². The first kappa shape index (κ1) is 12.2. The van der Waals surface area contributed by atoms with Crippen LogP contribution in [0.25, 0.3) is 0 Å². The van der Waals surface area contributed by atoms with Crippen LogP contribution in [0.4, 0.5) is 0 Å². The molecule has 0 saturated heterocycles. The predicted molar refractivity (Wildman–Crippen MR) is 64.1 cm³/mol. The van der Waals surface area contributed by atoms with Gasteiger partial charge in [-0.3, -0.25) is 4.79 Å². The van der Waals surface area contributed by atoms with E-state index in [1.165, 1.54) is 0 Å². The van der Waals surface area contributed by atoms with Gasteiger partial charge in [0.15, 0.2) is 6.61 Å². The SMILES string of the molecule is O=C(COc1ccc(Cl)cc1)NC1(CO)CC1. The summed E-state index contributed by atoms with van der Waals surface area (Å²) in [6.07, 6.45) is 1.66. The molecule has 1 fully saturated rings. The molecule has 0 bridgehead atoms. The Morgan fingerprint density at radius 1 is 1.41 bits per heavy atom. The Bertz CT molecular complexity index is 401. The van der Waals surface area contributed by atoms with E-state index < -0.39 is 0 Å². The monoisotopic (exact) mass is 255 g/mol. The molecule has 0 aliphatic heterocycles. The second-order valence-electron chi connectivity index (χ2n) is 4.23. The number of hydrogen-bond acceptors (Lipinski definition) is 3. The fraction of sp³-hybridized carbons (Fsp3) is 0.417. The van der Waals surface area contributed by atoms with Crippen LogP contribution in [0.3, 0.4) is 0 Å². The van der Waals surface area contributed by atoms with E-state index in [1.807, 2.05) is 0 Å². The van der Waals surface area contributed by atoms with Crippen molar-refractivity contribution in [3.05, 3.63) is 29.3 Å². The van der Waals surface area contributed by atoms with E-state index >= 15 is 0 Å². The van der Waals surface area contributed by atoms with Crippen LogP contribution in [0.2, 0.25) is 5.02 Å². The summed E-state index contributed by atoms with van der Waals surface area (Å²) in [6, 6.07) is 6.80. The topological polar surface area (TPSA) is 58.6 Å². The molecule has 1 aromatic rings. The maximum absolute atomic E-state index is 11.5. The van der Waals surface area contributed by atoms with Crippen molar-refractivity contribution in [3.63, 3.8) is 0 Å². The van der Waals surface area contributed by atoms with E-state index in [0.717, 1.165) is 12.8 Å². The van der Waals surface area contributed by atoms with Gasteiger partial charge in [0, 0.05) is 5.02 Å². The van der Waals surface area contributed by atoms with Gasteiger partial charge in [0.1, 0.15) is 5.75 Å². The minimum Gasteiger partial charge on any atom is -0.484 e. The molecule has 0 heterocycles. The molecule has 1 saturated carbocycles. The first-order valence-corrected chi connectivity index (χ1v) is 5.82. The van der Waals surface area contributed by atoms with E-state index in [-0.39, 0.29) is 24.7 Å². The van der Waals surface area contributed by atoms with Crippen LogP contribution in [0.5, 0.6) is 5.75 Å². The Morgan fingerprint density at radius 3 is 2.59 bits per heavy atom. The minimum atomic E-state index is -0.388. The van der Waals surface area contributed by atoms with Crippen molar-refractivity contribution in [2.24, 2.45) is 0 Å². The first-order chi connectivity index (χ1) is 8.13. The maximum Gasteiger partial charge on any atom is 0.258 e. The summed E-state index contributed by atoms with van der Waals surface area (Å²) in [5.74, 6) is 0.380. The van der Waals surface area contributed by atoms with E-state index in [9.17, 15) is 4.79 Å². The summed E-state index contributed by atoms with van der Waals surface area (Å²) in [5, 5.41) is 12.4. The molecule has 1 amide bonds. The molecule has 4 nitrogen and oxygen atoms in total. The van der Waals surface area contributed by atoms with Crippen molar-refractivity contribution in [2.45, 2.75) is 18.4 Å². The van der Waals surface area contributed by atoms with Gasteiger partial charge >= 0.3 is 0 Å². The highest BCUT2D eigenvalue weighted by Gasteiger charge is 2.43. The zero-order chi connectivity index (χ0) is 12.3. The molecule has 0 spiro atoms. The Balaban J connectivity index is 1.78. The van der Waals surface area contributed by atoms with Gasteiger partial charge in [0.2, 0.25) is 0 Å². The van der Waals surface area contributed by atoms with Gasteiger partial charge in [-0.25, -0.2) is 0 Å². The van der Waals surface area contributed by atoms with Gasteiger partial charge in [0.25, 0.3) is 5.91 Å². The second-order valence-corrected chi connectivity index (χ2v) is 4.67. The molecule has 1 aromatic carbocycles. The highest BCUT2D eigenvalue weighted by molar-refractivity contribution is 6.30. The number of rotatable bonds is 5. The molecular formula is C12H14ClNO3. The Kier molecular flexibility index (Phi) is 3.54. The molecule has 1 aliphatic rings. The smallest absolute Gasteiger partial charge is 0.258 e. The average molecular weight is 256 g/mol. The third kappa shape index (κ3) is 3.35. The van der Waals surface area contributed by atoms with Crippen LogP contribution < -0.4 is 10.1 Å². The number of amides is 1. The molecule has 1 aliphatic carbocycles. The lowest BCUT2D eigenvalue weighted by Gasteiger charge is -2.14. The highest BCUT2D eigenvalue weighted by atomic mass is 35.5. The lowest BCUT2D eigenvalue weighted by atomic mass is 10.3. The molecule has 5 heteroatoms. The van der Waals surface area contributed by atoms with E-state index in [0.29, 0.717) is 10.8 Å². The van der Waals surface area contributed by atoms with Crippen molar-refractivity contribution in [3.8, 4) is 5.75 Å². The molecule has 0 atom stereocenters. The Labute approximate surface area is 105 Å². The predicted octanol–water partition coefficient (Wildman–Crippen LogP) is 1.36. The maximum atomic E-state index is 11.5. The third-order valence-electron chi connectivity index (χ3n) is 2.74. The summed E-state index contributed by atoms with van der Waals surface area (Å²) in [5.41, 5.74) is -0.388. The van der Waals surface area contributed by atoms with Crippen LogP contribution >= 0.6 is 11.6 Å². The average Bonchev–Trinajstić information content (AvgIpc) is 3.09. The van der Waals surface area contributed by atoms with Gasteiger partial charge in [0.05, 0.1) is 12.1 Å². The minimum absolute atomic E-state index is 0.0142. The first-order valence-electron chi connectivity index (χ1n) is 5.44. The van der Waals surface area contributed by atoms with Gasteiger partial charge in [-0.2, -0.15) is 0 Å². The summed E-state index contributed by atoms with van der Waals surface area (Å²) >= 11 is 5.73. The molecule has 2 N–H and O–H groups in total. The standard InChI is InChI=1S/C12H14ClNO3/c13-9-1-3-10(4-2-9)17-7-11(16)14-12(8-15)5-6-12/h1-4,15H,5-8H2,(H,14,16). The number of carbonyl (C=O) groups is 1. The van der Waals surface area contributed by atoms with Crippen molar-refractivity contribution in [2.75, 3.05) is 13.2 Å². The summed E-state index contributed by atoms with van der Waals surface area (Å²) < 4.78 is 5.29. The van der Waals surface area contributed by atoms with Gasteiger partial charge in [-0.05, 0) is 37.1 Å². The number of ether oxygens (including phenoxy) is 1. The third-order valence-corrected chi connectivity index (χ3v) is 3.00. The molecule has 2 rings (SSSR count). The number of aliphatic hydroxyl groups is 1. The zero-order valence-corrected chi connectivity index (χ0v) is 10.0. The van der Waals surface area contributed by atoms with Crippen molar-refractivity contribution in [1.82, 2.24) is 5.32 Å². The van der Waals surface area contributed by atoms with Crippen LogP contribution in [0, 0.1) is 0 Å². The summed E-state index contributed by atoms with van der Waals surface area (Å²) in [4.78, 5) is 11.5. The van der Waals surface area contributed by atoms with Gasteiger partial charge in [-0.1, -0.05) is 11.6 Å². The van der Waals surface area contributed by atoms with Crippen LogP contribution in [0.15, 0.2) is 24.3 Å². The Morgan fingerprint density at radius 2 is 2.06 bits per heavy atom. The van der Waals surface area contributed by atoms with Gasteiger partial charge in [-0.15, -0.1) is 0 Å². The molecule has 0 aromatic heterocycles. The highest BCUT2D eigenvalue weighted by Crippen LogP contribution is 2.34. The fourth-order valence-corrected chi connectivity index (χ4v) is 1.61. The van der Waals surface area contributed by atoms with E-state index in [2.05, 4.69) is 5.32 Å². The van der Waals surface area contributed by atoms with Crippen molar-refractivity contribution in [1.29, 1.82) is 0 Å². The molecular weight excluding hydrogens is 242 g/mol. The van der Waals surface area contributed by atoms with Crippen LogP contribution in [-0.4, -0.2) is 29.8 Å². The fourth-order valence-electron chi connectivity index (χ4n) is 1.49. The number of halogens is 1. The molecule has 17 heavy (non-hydrogen) atoms. The summed E-state index contributed by atoms with van der Waals surface area (Å²) in [6.45, 7) is -0.0664. The Hall–Kier alpha value is -1.26. The van der Waals surface area contributed by atoms with Crippen molar-refractivity contribution >= 4 is 17.5 Å². The number of carbonyl (C=O) groups excluding carboxylic acids is 1.